The zero-order valence-corrected chi connectivity index (χ0v) is 11.2. The molecule has 1 atom stereocenters. The van der Waals surface area contributed by atoms with Crippen LogP contribution >= 0.6 is 0 Å². The lowest BCUT2D eigenvalue weighted by Crippen LogP contribution is -2.37. The van der Waals surface area contributed by atoms with Crippen LogP contribution in [0.1, 0.15) is 42.3 Å². The Kier molecular flexibility index (Phi) is 3.59. The van der Waals surface area contributed by atoms with Crippen molar-refractivity contribution < 1.29 is 19.2 Å². The van der Waals surface area contributed by atoms with Gasteiger partial charge in [0.15, 0.2) is 0 Å². The van der Waals surface area contributed by atoms with E-state index in [-0.39, 0.29) is 18.2 Å². The maximum atomic E-state index is 12.2. The van der Waals surface area contributed by atoms with Crippen molar-refractivity contribution in [2.75, 3.05) is 13.1 Å². The largest absolute Gasteiger partial charge is 0.481 e. The first-order valence-corrected chi connectivity index (χ1v) is 6.44. The molecule has 104 valence electrons. The van der Waals surface area contributed by atoms with Crippen LogP contribution < -0.4 is 0 Å². The molecule has 0 aromatic carbocycles. The van der Waals surface area contributed by atoms with Crippen molar-refractivity contribution in [1.29, 1.82) is 0 Å². The van der Waals surface area contributed by atoms with Gasteiger partial charge in [-0.1, -0.05) is 18.5 Å². The third-order valence-electron chi connectivity index (χ3n) is 3.77. The van der Waals surface area contributed by atoms with Crippen molar-refractivity contribution >= 4 is 11.9 Å². The van der Waals surface area contributed by atoms with Crippen molar-refractivity contribution in [3.63, 3.8) is 0 Å². The fraction of sp³-hybridized carbons (Fsp3) is 0.615. The van der Waals surface area contributed by atoms with Gasteiger partial charge in [-0.2, -0.15) is 0 Å². The van der Waals surface area contributed by atoms with Crippen LogP contribution in [0.4, 0.5) is 0 Å². The van der Waals surface area contributed by atoms with E-state index in [1.54, 1.807) is 11.8 Å². The second-order valence-electron chi connectivity index (χ2n) is 5.15. The fourth-order valence-corrected chi connectivity index (χ4v) is 2.65. The van der Waals surface area contributed by atoms with E-state index in [0.29, 0.717) is 24.9 Å². The van der Waals surface area contributed by atoms with Gasteiger partial charge in [-0.15, -0.1) is 0 Å². The molecule has 1 unspecified atom stereocenters. The summed E-state index contributed by atoms with van der Waals surface area (Å²) in [5.74, 6) is -0.883. The minimum atomic E-state index is -0.820. The third-order valence-corrected chi connectivity index (χ3v) is 3.77. The number of amides is 1. The van der Waals surface area contributed by atoms with Gasteiger partial charge < -0.3 is 14.5 Å². The van der Waals surface area contributed by atoms with Crippen molar-refractivity contribution in [3.05, 3.63) is 17.5 Å². The van der Waals surface area contributed by atoms with Crippen LogP contribution in [0.3, 0.4) is 0 Å². The predicted octanol–water partition coefficient (Wildman–Crippen LogP) is 1.70. The van der Waals surface area contributed by atoms with Gasteiger partial charge >= 0.3 is 5.97 Å². The Hall–Kier alpha value is -1.85. The van der Waals surface area contributed by atoms with E-state index < -0.39 is 11.4 Å². The Bertz CT molecular complexity index is 497. The number of carboxylic acid groups (broad SMARTS) is 1. The van der Waals surface area contributed by atoms with Crippen LogP contribution in [0.15, 0.2) is 10.7 Å². The number of rotatable bonds is 4. The molecule has 6 nitrogen and oxygen atoms in total. The molecule has 1 saturated heterocycles. The topological polar surface area (TPSA) is 83.6 Å². The van der Waals surface area contributed by atoms with Crippen LogP contribution in [0, 0.1) is 12.3 Å². The number of likely N-dealkylation sites (tertiary alicyclic amines) is 1. The first kappa shape index (κ1) is 13.6. The van der Waals surface area contributed by atoms with Crippen molar-refractivity contribution in [1.82, 2.24) is 10.1 Å². The molecular weight excluding hydrogens is 248 g/mol. The Morgan fingerprint density at radius 2 is 2.32 bits per heavy atom. The second-order valence-corrected chi connectivity index (χ2v) is 5.15. The summed E-state index contributed by atoms with van der Waals surface area (Å²) in [7, 11) is 0. The number of hydrogen-bond donors (Lipinski definition) is 1. The average molecular weight is 266 g/mol. The zero-order valence-electron chi connectivity index (χ0n) is 11.2. The molecule has 0 aliphatic carbocycles. The van der Waals surface area contributed by atoms with E-state index >= 15 is 0 Å². The van der Waals surface area contributed by atoms with E-state index in [2.05, 4.69) is 5.16 Å². The monoisotopic (exact) mass is 266 g/mol. The molecule has 0 spiro atoms. The molecule has 1 aromatic heterocycles. The molecule has 1 aromatic rings. The van der Waals surface area contributed by atoms with Gasteiger partial charge in [0, 0.05) is 18.7 Å². The fourth-order valence-electron chi connectivity index (χ4n) is 2.65. The van der Waals surface area contributed by atoms with Crippen LogP contribution in [-0.4, -0.2) is 40.1 Å². The van der Waals surface area contributed by atoms with Gasteiger partial charge in [0.2, 0.25) is 5.76 Å². The number of nitrogens with zero attached hydrogens (tertiary/aromatic N) is 2. The number of aliphatic carboxylic acids is 1. The predicted molar refractivity (Wildman–Crippen MR) is 66.7 cm³/mol. The molecule has 2 rings (SSSR count). The first-order valence-electron chi connectivity index (χ1n) is 6.44. The highest BCUT2D eigenvalue weighted by Gasteiger charge is 2.46. The highest BCUT2D eigenvalue weighted by molar-refractivity contribution is 5.93. The van der Waals surface area contributed by atoms with Gasteiger partial charge in [0.25, 0.3) is 5.91 Å². The number of hydrogen-bond acceptors (Lipinski definition) is 4. The molecule has 1 aliphatic rings. The summed E-state index contributed by atoms with van der Waals surface area (Å²) in [5.41, 5.74) is -0.133. The second kappa shape index (κ2) is 5.03. The molecule has 2 heterocycles. The summed E-state index contributed by atoms with van der Waals surface area (Å²) in [6, 6.07) is 0. The molecule has 19 heavy (non-hydrogen) atoms. The smallest absolute Gasteiger partial charge is 0.311 e. The summed E-state index contributed by atoms with van der Waals surface area (Å²) in [6.07, 6.45) is 3.35. The van der Waals surface area contributed by atoms with E-state index in [1.807, 2.05) is 6.92 Å². The lowest BCUT2D eigenvalue weighted by atomic mass is 9.83. The number of aromatic nitrogens is 1. The van der Waals surface area contributed by atoms with E-state index in [4.69, 9.17) is 4.52 Å². The van der Waals surface area contributed by atoms with Gasteiger partial charge in [0.05, 0.1) is 11.6 Å². The SMILES string of the molecule is CCCC1(C(=O)O)CCN(C(=O)c2oncc2C)C1. The molecular formula is C13H18N2O4. The molecule has 0 radical (unpaired) electrons. The summed E-state index contributed by atoms with van der Waals surface area (Å²) >= 11 is 0. The number of carbonyl (C=O) groups is 2. The minimum Gasteiger partial charge on any atom is -0.481 e. The molecule has 1 aliphatic heterocycles. The molecule has 6 heteroatoms. The highest BCUT2D eigenvalue weighted by atomic mass is 16.5. The van der Waals surface area contributed by atoms with Crippen molar-refractivity contribution in [3.8, 4) is 0 Å². The maximum absolute atomic E-state index is 12.2. The van der Waals surface area contributed by atoms with Crippen LogP contribution in [0.5, 0.6) is 0 Å². The standard InChI is InChI=1S/C13H18N2O4/c1-3-4-13(12(17)18)5-6-15(8-13)11(16)10-9(2)7-14-19-10/h7H,3-6,8H2,1-2H3,(H,17,18). The van der Waals surface area contributed by atoms with Crippen LogP contribution in [0.25, 0.3) is 0 Å². The molecule has 0 saturated carbocycles. The summed E-state index contributed by atoms with van der Waals surface area (Å²) < 4.78 is 4.94. The summed E-state index contributed by atoms with van der Waals surface area (Å²) in [6.45, 7) is 4.40. The summed E-state index contributed by atoms with van der Waals surface area (Å²) in [5, 5.41) is 13.0. The molecule has 1 N–H and O–H groups in total. The van der Waals surface area contributed by atoms with Gasteiger partial charge in [-0.05, 0) is 19.8 Å². The molecule has 0 bridgehead atoms. The number of carbonyl (C=O) groups excluding carboxylic acids is 1. The zero-order chi connectivity index (χ0) is 14.0. The average Bonchev–Trinajstić information content (AvgIpc) is 2.96. The van der Waals surface area contributed by atoms with E-state index in [1.165, 1.54) is 6.20 Å². The Balaban J connectivity index is 2.15. The lowest BCUT2D eigenvalue weighted by Gasteiger charge is -2.23. The molecule has 1 amide bonds. The van der Waals surface area contributed by atoms with Gasteiger partial charge in [-0.3, -0.25) is 9.59 Å². The normalized spacial score (nSPS) is 22.7. The van der Waals surface area contributed by atoms with Gasteiger partial charge in [0.1, 0.15) is 0 Å². The molecule has 1 fully saturated rings. The van der Waals surface area contributed by atoms with Crippen LogP contribution in [-0.2, 0) is 4.79 Å². The van der Waals surface area contributed by atoms with Gasteiger partial charge in [-0.25, -0.2) is 0 Å². The minimum absolute atomic E-state index is 0.206. The van der Waals surface area contributed by atoms with Crippen molar-refractivity contribution in [2.45, 2.75) is 33.1 Å². The summed E-state index contributed by atoms with van der Waals surface area (Å²) in [4.78, 5) is 25.3. The Labute approximate surface area is 111 Å². The van der Waals surface area contributed by atoms with E-state index in [0.717, 1.165) is 6.42 Å². The van der Waals surface area contributed by atoms with E-state index in [9.17, 15) is 14.7 Å². The quantitative estimate of drug-likeness (QED) is 0.896. The van der Waals surface area contributed by atoms with Crippen LogP contribution in [0.2, 0.25) is 0 Å². The third kappa shape index (κ3) is 2.34. The van der Waals surface area contributed by atoms with Crippen molar-refractivity contribution in [2.24, 2.45) is 5.41 Å². The first-order chi connectivity index (χ1) is 9.00. The maximum Gasteiger partial charge on any atom is 0.311 e. The Morgan fingerprint density at radius 3 is 2.84 bits per heavy atom. The Morgan fingerprint density at radius 1 is 1.58 bits per heavy atom. The number of carboxylic acids is 1. The highest BCUT2D eigenvalue weighted by Crippen LogP contribution is 2.36. The number of aryl methyl sites for hydroxylation is 1. The lowest BCUT2D eigenvalue weighted by molar-refractivity contribution is -0.148.